The number of halogens is 1. The number of fused-ring (bicyclic) bond motifs is 1. The van der Waals surface area contributed by atoms with Crippen molar-refractivity contribution in [1.29, 1.82) is 5.26 Å². The third-order valence-electron chi connectivity index (χ3n) is 6.93. The summed E-state index contributed by atoms with van der Waals surface area (Å²) >= 11 is 6.56. The predicted octanol–water partition coefficient (Wildman–Crippen LogP) is 7.50. The van der Waals surface area contributed by atoms with Gasteiger partial charge in [-0.05, 0) is 55.9 Å². The van der Waals surface area contributed by atoms with Gasteiger partial charge in [0.15, 0.2) is 0 Å². The molecule has 2 heterocycles. The summed E-state index contributed by atoms with van der Waals surface area (Å²) in [6.07, 6.45) is 6.52. The van der Waals surface area contributed by atoms with Gasteiger partial charge in [0, 0.05) is 48.7 Å². The molecule has 0 bridgehead atoms. The van der Waals surface area contributed by atoms with E-state index in [1.807, 2.05) is 62.5 Å². The average Bonchev–Trinajstić information content (AvgIpc) is 3.06. The molecule has 0 radical (unpaired) electrons. The second kappa shape index (κ2) is 15.5. The number of aromatic nitrogens is 2. The van der Waals surface area contributed by atoms with E-state index >= 15 is 0 Å². The van der Waals surface area contributed by atoms with Gasteiger partial charge in [0.25, 0.3) is 0 Å². The Morgan fingerprint density at radius 2 is 1.85 bits per heavy atom. The van der Waals surface area contributed by atoms with Crippen molar-refractivity contribution in [2.45, 2.75) is 20.1 Å². The van der Waals surface area contributed by atoms with Crippen LogP contribution >= 0.6 is 11.6 Å². The maximum Gasteiger partial charge on any atom is 0.248 e. The fraction of sp³-hybridized carbons (Fsp3) is 0.167. The van der Waals surface area contributed by atoms with Gasteiger partial charge >= 0.3 is 0 Å². The van der Waals surface area contributed by atoms with Gasteiger partial charge in [0.2, 0.25) is 5.91 Å². The van der Waals surface area contributed by atoms with Gasteiger partial charge in [-0.15, -0.1) is 0 Å². The van der Waals surface area contributed by atoms with Gasteiger partial charge < -0.3 is 20.1 Å². The smallest absolute Gasteiger partial charge is 0.248 e. The largest absolute Gasteiger partial charge is 0.492 e. The summed E-state index contributed by atoms with van der Waals surface area (Å²) < 4.78 is 11.7. The molecule has 3 aromatic carbocycles. The van der Waals surface area contributed by atoms with Crippen LogP contribution in [0.4, 0.5) is 17.1 Å². The van der Waals surface area contributed by atoms with Crippen LogP contribution in [-0.4, -0.2) is 41.0 Å². The molecule has 0 saturated heterocycles. The first kappa shape index (κ1) is 32.0. The Morgan fingerprint density at radius 1 is 1.02 bits per heavy atom. The lowest BCUT2D eigenvalue weighted by Gasteiger charge is -2.16. The fourth-order valence-electron chi connectivity index (χ4n) is 4.76. The lowest BCUT2D eigenvalue weighted by Crippen LogP contribution is -2.18. The van der Waals surface area contributed by atoms with Crippen molar-refractivity contribution in [3.63, 3.8) is 0 Å². The van der Waals surface area contributed by atoms with Gasteiger partial charge in [-0.25, -0.2) is 0 Å². The van der Waals surface area contributed by atoms with Crippen LogP contribution in [-0.2, 0) is 17.9 Å². The number of benzene rings is 3. The van der Waals surface area contributed by atoms with E-state index in [4.69, 9.17) is 21.1 Å². The summed E-state index contributed by atoms with van der Waals surface area (Å²) in [6, 6.07) is 26.8. The van der Waals surface area contributed by atoms with Gasteiger partial charge in [-0.2, -0.15) is 5.26 Å². The lowest BCUT2D eigenvalue weighted by molar-refractivity contribution is -0.111. The van der Waals surface area contributed by atoms with Crippen LogP contribution in [0.25, 0.3) is 10.9 Å². The topological polar surface area (TPSA) is 112 Å². The standard InChI is InChI=1S/C36H33ClN6O3/c1-3-45-34-20-31-29(19-32(34)42-35(44)13-9-17-43(2)23-25-10-5-4-6-11-25)36(26(21-38)22-40-31)41-27-14-15-33(30(37)18-27)46-24-28-12-7-8-16-39-28/h4-16,18-20,22H,3,17,23-24H2,1-2H3,(H,40,41)(H,42,44)/b13-9+. The fourth-order valence-corrected chi connectivity index (χ4v) is 5.00. The number of pyridine rings is 2. The quantitative estimate of drug-likeness (QED) is 0.128. The normalized spacial score (nSPS) is 11.0. The minimum atomic E-state index is -0.305. The number of nitrogens with one attached hydrogen (secondary N) is 2. The highest BCUT2D eigenvalue weighted by Crippen LogP contribution is 2.37. The number of hydrogen-bond acceptors (Lipinski definition) is 8. The highest BCUT2D eigenvalue weighted by Gasteiger charge is 2.16. The summed E-state index contributed by atoms with van der Waals surface area (Å²) in [6.45, 7) is 3.89. The number of carbonyl (C=O) groups is 1. The van der Waals surface area contributed by atoms with E-state index in [2.05, 4.69) is 43.7 Å². The highest BCUT2D eigenvalue weighted by atomic mass is 35.5. The molecule has 0 fully saturated rings. The molecule has 2 aromatic heterocycles. The molecule has 0 spiro atoms. The van der Waals surface area contributed by atoms with E-state index in [-0.39, 0.29) is 12.5 Å². The number of nitriles is 1. The highest BCUT2D eigenvalue weighted by molar-refractivity contribution is 6.32. The minimum Gasteiger partial charge on any atom is -0.492 e. The van der Waals surface area contributed by atoms with E-state index in [1.165, 1.54) is 17.8 Å². The Hall–Kier alpha value is -5.43. The number of anilines is 3. The molecule has 232 valence electrons. The minimum absolute atomic E-state index is 0.275. The molecule has 5 rings (SSSR count). The van der Waals surface area contributed by atoms with E-state index < -0.39 is 0 Å². The van der Waals surface area contributed by atoms with E-state index in [9.17, 15) is 10.1 Å². The van der Waals surface area contributed by atoms with Crippen LogP contribution < -0.4 is 20.1 Å². The Balaban J connectivity index is 1.35. The molecule has 0 atom stereocenters. The molecular formula is C36H33ClN6O3. The average molecular weight is 633 g/mol. The zero-order valence-electron chi connectivity index (χ0n) is 25.5. The van der Waals surface area contributed by atoms with Gasteiger partial charge in [0.1, 0.15) is 24.2 Å². The van der Waals surface area contributed by atoms with Crippen LogP contribution in [0, 0.1) is 11.3 Å². The molecule has 0 unspecified atom stereocenters. The molecule has 46 heavy (non-hydrogen) atoms. The summed E-state index contributed by atoms with van der Waals surface area (Å²) in [4.78, 5) is 23.8. The van der Waals surface area contributed by atoms with Gasteiger partial charge in [-0.1, -0.05) is 54.1 Å². The Labute approximate surface area is 273 Å². The summed E-state index contributed by atoms with van der Waals surface area (Å²) in [5.41, 5.74) is 4.50. The second-order valence-corrected chi connectivity index (χ2v) is 10.8. The first-order chi connectivity index (χ1) is 22.4. The molecule has 2 N–H and O–H groups in total. The third-order valence-corrected chi connectivity index (χ3v) is 7.23. The van der Waals surface area contributed by atoms with Crippen molar-refractivity contribution in [3.8, 4) is 17.6 Å². The predicted molar refractivity (Wildman–Crippen MR) is 181 cm³/mol. The van der Waals surface area contributed by atoms with E-state index in [0.29, 0.717) is 63.2 Å². The van der Waals surface area contributed by atoms with Crippen molar-refractivity contribution in [1.82, 2.24) is 14.9 Å². The second-order valence-electron chi connectivity index (χ2n) is 10.4. The van der Waals surface area contributed by atoms with Gasteiger partial charge in [0.05, 0.1) is 39.8 Å². The van der Waals surface area contributed by atoms with Crippen LogP contribution in [0.15, 0.2) is 103 Å². The summed E-state index contributed by atoms with van der Waals surface area (Å²) in [7, 11) is 2.00. The maximum atomic E-state index is 13.0. The molecule has 0 saturated carbocycles. The lowest BCUT2D eigenvalue weighted by atomic mass is 10.1. The Bertz CT molecular complexity index is 1880. The van der Waals surface area contributed by atoms with Crippen LogP contribution in [0.3, 0.4) is 0 Å². The first-order valence-corrected chi connectivity index (χ1v) is 15.1. The van der Waals surface area contributed by atoms with Gasteiger partial charge in [-0.3, -0.25) is 19.7 Å². The molecule has 0 aliphatic carbocycles. The van der Waals surface area contributed by atoms with Crippen LogP contribution in [0.2, 0.25) is 5.02 Å². The number of hydrogen-bond donors (Lipinski definition) is 2. The monoisotopic (exact) mass is 632 g/mol. The molecule has 9 nitrogen and oxygen atoms in total. The first-order valence-electron chi connectivity index (χ1n) is 14.7. The zero-order valence-corrected chi connectivity index (χ0v) is 26.3. The van der Waals surface area contributed by atoms with E-state index in [1.54, 1.807) is 30.5 Å². The molecule has 0 aliphatic heterocycles. The molecular weight excluding hydrogens is 600 g/mol. The Kier molecular flexibility index (Phi) is 10.8. The van der Waals surface area contributed by atoms with Crippen LogP contribution in [0.1, 0.15) is 23.7 Å². The number of amides is 1. The van der Waals surface area contributed by atoms with Crippen molar-refractivity contribution in [3.05, 3.63) is 125 Å². The SMILES string of the molecule is CCOc1cc2ncc(C#N)c(Nc3ccc(OCc4ccccn4)c(Cl)c3)c2cc1NC(=O)/C=C/CN(C)Cc1ccccc1. The number of likely N-dealkylation sites (N-methyl/N-ethyl adjacent to an activating group) is 1. The number of carbonyl (C=O) groups excluding carboxylic acids is 1. The Morgan fingerprint density at radius 3 is 2.59 bits per heavy atom. The summed E-state index contributed by atoms with van der Waals surface area (Å²) in [5.74, 6) is 0.669. The van der Waals surface area contributed by atoms with Crippen LogP contribution in [0.5, 0.6) is 11.5 Å². The summed E-state index contributed by atoms with van der Waals surface area (Å²) in [5, 5.41) is 17.2. The molecule has 10 heteroatoms. The van der Waals surface area contributed by atoms with E-state index in [0.717, 1.165) is 12.2 Å². The van der Waals surface area contributed by atoms with Crippen molar-refractivity contribution in [2.75, 3.05) is 30.8 Å². The molecule has 0 aliphatic rings. The number of nitrogens with zero attached hydrogens (tertiary/aromatic N) is 4. The zero-order chi connectivity index (χ0) is 32.3. The van der Waals surface area contributed by atoms with Crippen molar-refractivity contribution in [2.24, 2.45) is 0 Å². The molecule has 5 aromatic rings. The number of ether oxygens (including phenoxy) is 2. The number of rotatable bonds is 13. The molecule has 1 amide bonds. The van der Waals surface area contributed by atoms with Crippen molar-refractivity contribution < 1.29 is 14.3 Å². The third kappa shape index (κ3) is 8.39. The maximum absolute atomic E-state index is 13.0. The van der Waals surface area contributed by atoms with Crippen molar-refractivity contribution >= 4 is 45.5 Å².